The molecule has 0 spiro atoms. The van der Waals surface area contributed by atoms with Gasteiger partial charge in [0.05, 0.1) is 36.7 Å². The SMILES string of the molecule is C=C.CCCN(C=O)Cc1ncc(-c2ccc(-c3ccc4c(c3)CCc3[nH]c([C@@H]5CC(F)(F)CN5C(=O)[C@@H](c5ccccc5)N(CC)CC)nc3-4)cc2)[nH]1.CCNCC.CCc1ccccc1. The van der Waals surface area contributed by atoms with Crippen LogP contribution in [-0.4, -0.2) is 92.1 Å². The summed E-state index contributed by atoms with van der Waals surface area (Å²) in [5, 5.41) is 3.11. The standard InChI is InChI=1S/C41H45F2N7O2.C8H10.C4H11N.C2H4/c1-4-20-48(26-51)24-36-44-23-34(45-36)28-14-12-27(13-15-28)30-16-18-32-31(21-30)17-19-33-37(32)47-39(46-33)35-22-41(42,43)25-50(35)40(52)38(49(5-2)6-3)29-10-8-7-9-11-29;1-2-8-6-4-3-5-7-8;1-3-5-4-2;1-2/h7-16,18,21,23,26,35,38H,4-6,17,19-20,22,24-25H2,1-3H3,(H,44,45)(H,46,47);3-7H,2H2,1H3;5H,3-4H2,1-2H3;1-2H2/t35-,38+;;;/m0.../s1. The van der Waals surface area contributed by atoms with Crippen LogP contribution in [0.4, 0.5) is 8.78 Å². The molecule has 0 radical (unpaired) electrons. The predicted octanol–water partition coefficient (Wildman–Crippen LogP) is 11.3. The van der Waals surface area contributed by atoms with E-state index in [0.29, 0.717) is 38.4 Å². The minimum absolute atomic E-state index is 0.327. The van der Waals surface area contributed by atoms with E-state index in [1.165, 1.54) is 10.5 Å². The summed E-state index contributed by atoms with van der Waals surface area (Å²) in [5.74, 6) is -2.19. The minimum atomic E-state index is -3.02. The summed E-state index contributed by atoms with van der Waals surface area (Å²) < 4.78 is 30.4. The highest BCUT2D eigenvalue weighted by atomic mass is 19.3. The number of hydrogen-bond acceptors (Lipinski definition) is 6. The number of H-pyrrole nitrogens is 2. The number of benzene rings is 4. The lowest BCUT2D eigenvalue weighted by molar-refractivity contribution is -0.139. The molecular weight excluding hydrogens is 843 g/mol. The van der Waals surface area contributed by atoms with Crippen LogP contribution >= 0.6 is 0 Å². The number of fused-ring (bicyclic) bond motifs is 3. The Morgan fingerprint density at radius 1 is 0.866 bits per heavy atom. The Labute approximate surface area is 396 Å². The van der Waals surface area contributed by atoms with Crippen LogP contribution in [0, 0.1) is 0 Å². The van der Waals surface area contributed by atoms with Crippen molar-refractivity contribution in [1.82, 2.24) is 40.0 Å². The van der Waals surface area contributed by atoms with E-state index in [1.807, 2.05) is 62.1 Å². The quantitative estimate of drug-likeness (QED) is 0.0658. The van der Waals surface area contributed by atoms with Gasteiger partial charge in [0.25, 0.3) is 5.92 Å². The average Bonchev–Trinajstić information content (AvgIpc) is 4.11. The molecule has 1 saturated heterocycles. The number of aryl methyl sites for hydroxylation is 3. The molecule has 1 fully saturated rings. The van der Waals surface area contributed by atoms with Crippen molar-refractivity contribution in [3.63, 3.8) is 0 Å². The molecule has 2 aliphatic rings. The highest BCUT2D eigenvalue weighted by Gasteiger charge is 2.50. The number of carbonyl (C=O) groups excluding carboxylic acids is 2. The molecule has 4 aromatic carbocycles. The summed E-state index contributed by atoms with van der Waals surface area (Å²) in [6.45, 7) is 22.3. The summed E-state index contributed by atoms with van der Waals surface area (Å²) in [5.41, 5.74) is 10.0. The number of carbonyl (C=O) groups is 2. The Morgan fingerprint density at radius 2 is 1.51 bits per heavy atom. The summed E-state index contributed by atoms with van der Waals surface area (Å²) in [6, 6.07) is 33.0. The van der Waals surface area contributed by atoms with E-state index in [0.717, 1.165) is 95.0 Å². The van der Waals surface area contributed by atoms with E-state index in [-0.39, 0.29) is 5.91 Å². The first kappa shape index (κ1) is 51.7. The van der Waals surface area contributed by atoms with Crippen LogP contribution < -0.4 is 5.32 Å². The molecule has 12 heteroatoms. The number of hydrogen-bond donors (Lipinski definition) is 3. The van der Waals surface area contributed by atoms with E-state index < -0.39 is 31.0 Å². The van der Waals surface area contributed by atoms with Gasteiger partial charge in [0.2, 0.25) is 12.3 Å². The maximum Gasteiger partial charge on any atom is 0.267 e. The third kappa shape index (κ3) is 13.4. The van der Waals surface area contributed by atoms with E-state index >= 15 is 8.78 Å². The van der Waals surface area contributed by atoms with Crippen molar-refractivity contribution in [1.29, 1.82) is 0 Å². The van der Waals surface area contributed by atoms with Crippen LogP contribution in [0.5, 0.6) is 0 Å². The molecule has 1 aliphatic heterocycles. The molecule has 2 amide bonds. The zero-order valence-electron chi connectivity index (χ0n) is 40.3. The largest absolute Gasteiger partial charge is 0.344 e. The third-order valence-corrected chi connectivity index (χ3v) is 12.1. The van der Waals surface area contributed by atoms with Crippen molar-refractivity contribution in [2.75, 3.05) is 39.3 Å². The molecule has 3 N–H and O–H groups in total. The number of halogens is 2. The van der Waals surface area contributed by atoms with Crippen molar-refractivity contribution in [3.8, 4) is 33.6 Å². The third-order valence-electron chi connectivity index (χ3n) is 12.1. The van der Waals surface area contributed by atoms with Crippen molar-refractivity contribution >= 4 is 12.3 Å². The molecule has 0 bridgehead atoms. The lowest BCUT2D eigenvalue weighted by Gasteiger charge is -2.34. The number of aromatic nitrogens is 4. The highest BCUT2D eigenvalue weighted by molar-refractivity contribution is 5.84. The average molecular weight is 913 g/mol. The molecule has 8 rings (SSSR count). The molecular formula is C55H70F2N8O2. The Morgan fingerprint density at radius 3 is 2.09 bits per heavy atom. The molecule has 2 atom stereocenters. The van der Waals surface area contributed by atoms with E-state index in [2.05, 4.69) is 121 Å². The predicted molar refractivity (Wildman–Crippen MR) is 269 cm³/mol. The highest BCUT2D eigenvalue weighted by Crippen LogP contribution is 2.44. The van der Waals surface area contributed by atoms with Gasteiger partial charge in [-0.1, -0.05) is 145 Å². The fourth-order valence-corrected chi connectivity index (χ4v) is 8.69. The fourth-order valence-electron chi connectivity index (χ4n) is 8.69. The summed E-state index contributed by atoms with van der Waals surface area (Å²) in [7, 11) is 0. The van der Waals surface area contributed by atoms with Gasteiger partial charge in [0, 0.05) is 24.2 Å². The first-order chi connectivity index (χ1) is 32.6. The lowest BCUT2D eigenvalue weighted by Crippen LogP contribution is -2.43. The van der Waals surface area contributed by atoms with Crippen LogP contribution in [0.25, 0.3) is 33.6 Å². The van der Waals surface area contributed by atoms with Crippen molar-refractivity contribution in [2.45, 2.75) is 98.2 Å². The molecule has 67 heavy (non-hydrogen) atoms. The monoisotopic (exact) mass is 913 g/mol. The van der Waals surface area contributed by atoms with Gasteiger partial charge in [-0.25, -0.2) is 18.7 Å². The van der Waals surface area contributed by atoms with Gasteiger partial charge in [-0.15, -0.1) is 13.2 Å². The molecule has 0 unspecified atom stereocenters. The smallest absolute Gasteiger partial charge is 0.267 e. The van der Waals surface area contributed by atoms with Crippen LogP contribution in [0.3, 0.4) is 0 Å². The second-order valence-corrected chi connectivity index (χ2v) is 16.6. The van der Waals surface area contributed by atoms with E-state index in [9.17, 15) is 9.59 Å². The summed E-state index contributed by atoms with van der Waals surface area (Å²) in [6.07, 6.45) is 5.68. The topological polar surface area (TPSA) is 113 Å². The molecule has 0 saturated carbocycles. The normalized spacial score (nSPS) is 14.8. The second-order valence-electron chi connectivity index (χ2n) is 16.6. The fraction of sp³-hybridized carbons (Fsp3) is 0.382. The van der Waals surface area contributed by atoms with E-state index in [4.69, 9.17) is 4.98 Å². The number of alkyl halides is 2. The van der Waals surface area contributed by atoms with E-state index in [1.54, 1.807) is 11.1 Å². The first-order valence-electron chi connectivity index (χ1n) is 23.8. The maximum absolute atomic E-state index is 15.2. The molecule has 2 aromatic heterocycles. The number of aromatic amines is 2. The number of nitrogens with zero attached hydrogens (tertiary/aromatic N) is 5. The molecule has 356 valence electrons. The number of rotatable bonds is 16. The van der Waals surface area contributed by atoms with Gasteiger partial charge < -0.3 is 25.1 Å². The van der Waals surface area contributed by atoms with Crippen LogP contribution in [0.2, 0.25) is 0 Å². The van der Waals surface area contributed by atoms with Crippen LogP contribution in [0.1, 0.15) is 101 Å². The lowest BCUT2D eigenvalue weighted by atomic mass is 9.89. The number of likely N-dealkylation sites (N-methyl/N-ethyl adjacent to an activating group) is 1. The summed E-state index contributed by atoms with van der Waals surface area (Å²) in [4.78, 5) is 46.8. The Hall–Kier alpha value is -6.24. The first-order valence-corrected chi connectivity index (χ1v) is 23.8. The van der Waals surface area contributed by atoms with Crippen molar-refractivity contribution in [2.24, 2.45) is 0 Å². The Balaban J connectivity index is 0.000000483. The minimum Gasteiger partial charge on any atom is -0.344 e. The number of nitrogens with one attached hydrogen (secondary N) is 3. The van der Waals surface area contributed by atoms with Gasteiger partial charge in [-0.05, 0) is 85.2 Å². The summed E-state index contributed by atoms with van der Waals surface area (Å²) >= 11 is 0. The number of likely N-dealkylation sites (tertiary alicyclic amines) is 1. The second kappa shape index (κ2) is 25.6. The van der Waals surface area contributed by atoms with Crippen molar-refractivity contribution in [3.05, 3.63) is 157 Å². The Bertz CT molecular complexity index is 2410. The van der Waals surface area contributed by atoms with Gasteiger partial charge in [0.1, 0.15) is 17.7 Å². The Kier molecular flexibility index (Phi) is 19.8. The molecule has 10 nitrogen and oxygen atoms in total. The zero-order valence-corrected chi connectivity index (χ0v) is 40.3. The van der Waals surface area contributed by atoms with Gasteiger partial charge in [-0.2, -0.15) is 0 Å². The van der Waals surface area contributed by atoms with Gasteiger partial charge in [0.15, 0.2) is 0 Å². The van der Waals surface area contributed by atoms with Gasteiger partial charge in [-0.3, -0.25) is 14.5 Å². The molecule has 6 aromatic rings. The maximum atomic E-state index is 15.2. The zero-order chi connectivity index (χ0) is 48.3. The molecule has 3 heterocycles. The van der Waals surface area contributed by atoms with Gasteiger partial charge >= 0.3 is 0 Å². The van der Waals surface area contributed by atoms with Crippen LogP contribution in [-0.2, 0) is 35.4 Å². The van der Waals surface area contributed by atoms with Crippen LogP contribution in [0.15, 0.2) is 122 Å². The number of amides is 2. The number of imidazole rings is 2. The van der Waals surface area contributed by atoms with Crippen molar-refractivity contribution < 1.29 is 18.4 Å². The molecule has 1 aliphatic carbocycles.